The van der Waals surface area contributed by atoms with Gasteiger partial charge in [-0.2, -0.15) is 0 Å². The quantitative estimate of drug-likeness (QED) is 0.204. The molecule has 4 aromatic rings. The number of carbonyl (C=O) groups is 1. The number of methoxy groups -OCH3 is 1. The fraction of sp³-hybridized carbons (Fsp3) is 0.240. The molecule has 0 aliphatic heterocycles. The normalized spacial score (nSPS) is 11.3. The van der Waals surface area contributed by atoms with Crippen molar-refractivity contribution >= 4 is 38.3 Å². The second-order valence-electron chi connectivity index (χ2n) is 7.16. The molecule has 0 aromatic heterocycles. The summed E-state index contributed by atoms with van der Waals surface area (Å²) in [4.78, 5) is 11.9. The van der Waals surface area contributed by atoms with Gasteiger partial charge in [0.25, 0.3) is 0 Å². The predicted molar refractivity (Wildman–Crippen MR) is 117 cm³/mol. The maximum absolute atomic E-state index is 11.9. The Labute approximate surface area is 169 Å². The smallest absolute Gasteiger partial charge is 0.308 e. The van der Waals surface area contributed by atoms with Crippen LogP contribution in [0.15, 0.2) is 42.5 Å². The topological polar surface area (TPSA) is 55.8 Å². The molecule has 4 nitrogen and oxygen atoms in total. The molecule has 1 N–H and O–H groups in total. The van der Waals surface area contributed by atoms with Gasteiger partial charge in [-0.3, -0.25) is 4.79 Å². The Kier molecular flexibility index (Phi) is 4.79. The number of esters is 1. The lowest BCUT2D eigenvalue weighted by atomic mass is 9.91. The highest BCUT2D eigenvalue weighted by atomic mass is 16.5. The van der Waals surface area contributed by atoms with Crippen LogP contribution >= 0.6 is 0 Å². The maximum atomic E-state index is 11.9. The Morgan fingerprint density at radius 2 is 1.62 bits per heavy atom. The van der Waals surface area contributed by atoms with E-state index in [0.717, 1.165) is 56.3 Å². The van der Waals surface area contributed by atoms with E-state index < -0.39 is 0 Å². The molecule has 0 aliphatic carbocycles. The van der Waals surface area contributed by atoms with Crippen LogP contribution in [0.3, 0.4) is 0 Å². The van der Waals surface area contributed by atoms with Crippen molar-refractivity contribution in [3.05, 3.63) is 53.6 Å². The molecule has 0 fully saturated rings. The monoisotopic (exact) mass is 388 g/mol. The van der Waals surface area contributed by atoms with Gasteiger partial charge in [-0.1, -0.05) is 50.2 Å². The first kappa shape index (κ1) is 19.1. The number of phenolic OH excluding ortho intramolecular Hbond substituents is 1. The van der Waals surface area contributed by atoms with Gasteiger partial charge < -0.3 is 14.6 Å². The lowest BCUT2D eigenvalue weighted by Crippen LogP contribution is -2.03. The third-order valence-electron chi connectivity index (χ3n) is 5.55. The Morgan fingerprint density at radius 3 is 2.21 bits per heavy atom. The highest BCUT2D eigenvalue weighted by molar-refractivity contribution is 6.22. The number of ether oxygens (including phenoxy) is 2. The van der Waals surface area contributed by atoms with Crippen molar-refractivity contribution in [2.45, 2.75) is 33.6 Å². The molecule has 0 atom stereocenters. The molecule has 29 heavy (non-hydrogen) atoms. The minimum atomic E-state index is -0.387. The lowest BCUT2D eigenvalue weighted by molar-refractivity contribution is -0.131. The van der Waals surface area contributed by atoms with E-state index in [4.69, 9.17) is 9.47 Å². The van der Waals surface area contributed by atoms with E-state index in [1.54, 1.807) is 7.11 Å². The summed E-state index contributed by atoms with van der Waals surface area (Å²) in [5, 5.41) is 16.1. The average Bonchev–Trinajstić information content (AvgIpc) is 2.72. The molecule has 148 valence electrons. The predicted octanol–water partition coefficient (Wildman–Crippen LogP) is 5.91. The molecule has 0 heterocycles. The Balaban J connectivity index is 2.31. The second kappa shape index (κ2) is 7.28. The Hall–Kier alpha value is -3.27. The molecular weight excluding hydrogens is 364 g/mol. The summed E-state index contributed by atoms with van der Waals surface area (Å²) in [5.74, 6) is 1.04. The van der Waals surface area contributed by atoms with Gasteiger partial charge in [0.05, 0.1) is 7.11 Å². The van der Waals surface area contributed by atoms with Crippen LogP contribution in [-0.4, -0.2) is 18.2 Å². The van der Waals surface area contributed by atoms with Gasteiger partial charge in [0.2, 0.25) is 0 Å². The minimum absolute atomic E-state index is 0.273. The van der Waals surface area contributed by atoms with Crippen molar-refractivity contribution < 1.29 is 19.4 Å². The number of hydrogen-bond donors (Lipinski definition) is 1. The molecule has 0 unspecified atom stereocenters. The molecule has 0 amide bonds. The highest BCUT2D eigenvalue weighted by Crippen LogP contribution is 2.48. The summed E-state index contributed by atoms with van der Waals surface area (Å²) < 4.78 is 11.5. The molecular formula is C25H24O4. The van der Waals surface area contributed by atoms with E-state index in [9.17, 15) is 9.90 Å². The number of fused-ring (bicyclic) bond motifs is 4. The third-order valence-corrected chi connectivity index (χ3v) is 5.55. The SMILES string of the molecule is CCc1cc2ccc3c(OC(C)=O)c4ccccc4c(OC)c3c2c(O)c1CC. The largest absolute Gasteiger partial charge is 0.507 e. The number of aromatic hydroxyl groups is 1. The number of benzene rings is 4. The highest BCUT2D eigenvalue weighted by Gasteiger charge is 2.22. The van der Waals surface area contributed by atoms with E-state index in [-0.39, 0.29) is 11.7 Å². The van der Waals surface area contributed by atoms with Gasteiger partial charge >= 0.3 is 5.97 Å². The second-order valence-corrected chi connectivity index (χ2v) is 7.16. The van der Waals surface area contributed by atoms with Crippen molar-refractivity contribution in [3.63, 3.8) is 0 Å². The first-order valence-electron chi connectivity index (χ1n) is 9.89. The van der Waals surface area contributed by atoms with Crippen molar-refractivity contribution in [2.75, 3.05) is 7.11 Å². The van der Waals surface area contributed by atoms with E-state index >= 15 is 0 Å². The summed E-state index contributed by atoms with van der Waals surface area (Å²) >= 11 is 0. The van der Waals surface area contributed by atoms with Gasteiger partial charge in [0.15, 0.2) is 0 Å². The summed E-state index contributed by atoms with van der Waals surface area (Å²) in [6, 6.07) is 13.7. The maximum Gasteiger partial charge on any atom is 0.308 e. The number of aryl methyl sites for hydroxylation is 1. The van der Waals surface area contributed by atoms with Crippen LogP contribution < -0.4 is 9.47 Å². The molecule has 4 aromatic carbocycles. The summed E-state index contributed by atoms with van der Waals surface area (Å²) in [6.45, 7) is 5.53. The average molecular weight is 388 g/mol. The van der Waals surface area contributed by atoms with E-state index in [1.165, 1.54) is 6.92 Å². The van der Waals surface area contributed by atoms with Crippen molar-refractivity contribution in [2.24, 2.45) is 0 Å². The zero-order valence-corrected chi connectivity index (χ0v) is 17.1. The lowest BCUT2D eigenvalue weighted by Gasteiger charge is -2.19. The first-order chi connectivity index (χ1) is 14.0. The molecule has 0 saturated carbocycles. The molecule has 0 radical (unpaired) electrons. The Bertz CT molecular complexity index is 1270. The van der Waals surface area contributed by atoms with Crippen LogP contribution in [0, 0.1) is 0 Å². The van der Waals surface area contributed by atoms with Crippen LogP contribution in [0.2, 0.25) is 0 Å². The number of rotatable bonds is 4. The standard InChI is InChI=1S/C25H24O4/c1-5-15-13-16-11-12-20-22(21(16)23(27)17(15)6-2)25(28-4)19-10-8-7-9-18(19)24(20)29-14(3)26/h7-13,27H,5-6H2,1-4H3. The van der Waals surface area contributed by atoms with Gasteiger partial charge in [0.1, 0.15) is 17.2 Å². The number of phenols is 1. The van der Waals surface area contributed by atoms with E-state index in [0.29, 0.717) is 11.5 Å². The number of carbonyl (C=O) groups excluding carboxylic acids is 1. The molecule has 0 aliphatic rings. The molecule has 4 rings (SSSR count). The first-order valence-corrected chi connectivity index (χ1v) is 9.89. The molecule has 0 bridgehead atoms. The fourth-order valence-electron chi connectivity index (χ4n) is 4.33. The van der Waals surface area contributed by atoms with E-state index in [1.807, 2.05) is 43.3 Å². The summed E-state index contributed by atoms with van der Waals surface area (Å²) in [6.07, 6.45) is 1.58. The van der Waals surface area contributed by atoms with Crippen LogP contribution in [0.1, 0.15) is 31.9 Å². The minimum Gasteiger partial charge on any atom is -0.507 e. The van der Waals surface area contributed by atoms with Crippen molar-refractivity contribution in [3.8, 4) is 17.2 Å². The van der Waals surface area contributed by atoms with Crippen LogP contribution in [0.5, 0.6) is 17.2 Å². The van der Waals surface area contributed by atoms with Gasteiger partial charge in [-0.25, -0.2) is 0 Å². The summed E-state index contributed by atoms with van der Waals surface area (Å²) in [5.41, 5.74) is 2.08. The van der Waals surface area contributed by atoms with Crippen LogP contribution in [0.25, 0.3) is 32.3 Å². The van der Waals surface area contributed by atoms with Crippen LogP contribution in [0.4, 0.5) is 0 Å². The van der Waals surface area contributed by atoms with Crippen molar-refractivity contribution in [1.82, 2.24) is 0 Å². The molecule has 0 spiro atoms. The zero-order valence-electron chi connectivity index (χ0n) is 17.1. The summed E-state index contributed by atoms with van der Waals surface area (Å²) in [7, 11) is 1.63. The zero-order chi connectivity index (χ0) is 20.7. The third kappa shape index (κ3) is 2.87. The Morgan fingerprint density at radius 1 is 0.931 bits per heavy atom. The van der Waals surface area contributed by atoms with Crippen LogP contribution in [-0.2, 0) is 17.6 Å². The number of hydrogen-bond acceptors (Lipinski definition) is 4. The molecule has 0 saturated heterocycles. The fourth-order valence-corrected chi connectivity index (χ4v) is 4.33. The van der Waals surface area contributed by atoms with Gasteiger partial charge in [-0.05, 0) is 35.4 Å². The molecule has 4 heteroatoms. The van der Waals surface area contributed by atoms with Crippen molar-refractivity contribution in [1.29, 1.82) is 0 Å². The van der Waals surface area contributed by atoms with Gasteiger partial charge in [0, 0.05) is 33.9 Å². The van der Waals surface area contributed by atoms with Gasteiger partial charge in [-0.15, -0.1) is 0 Å². The van der Waals surface area contributed by atoms with E-state index in [2.05, 4.69) is 13.0 Å².